The molecule has 0 aliphatic heterocycles. The van der Waals surface area contributed by atoms with Gasteiger partial charge in [0.1, 0.15) is 5.00 Å². The molecule has 2 amide bonds. The number of amides is 2. The standard InChI is InChI=1S/C12H11BrN2O2S2/c1-2-6-5-7(10(14)16)12(18-6)15-11(17)8-3-4-9(13)19-8/h3-5H,2H2,1H3,(H2,14,16)(H,15,17). The van der Waals surface area contributed by atoms with Crippen LogP contribution >= 0.6 is 38.6 Å². The van der Waals surface area contributed by atoms with Crippen molar-refractivity contribution >= 4 is 55.4 Å². The zero-order valence-electron chi connectivity index (χ0n) is 10.0. The van der Waals surface area contributed by atoms with E-state index in [9.17, 15) is 9.59 Å². The monoisotopic (exact) mass is 358 g/mol. The molecule has 0 bridgehead atoms. The molecule has 2 aromatic rings. The molecule has 2 aromatic heterocycles. The summed E-state index contributed by atoms with van der Waals surface area (Å²) in [7, 11) is 0. The summed E-state index contributed by atoms with van der Waals surface area (Å²) in [5.74, 6) is -0.763. The molecule has 0 fully saturated rings. The van der Waals surface area contributed by atoms with E-state index in [0.29, 0.717) is 15.4 Å². The maximum absolute atomic E-state index is 12.0. The van der Waals surface area contributed by atoms with Gasteiger partial charge < -0.3 is 11.1 Å². The summed E-state index contributed by atoms with van der Waals surface area (Å²) in [6.45, 7) is 1.98. The molecule has 0 unspecified atom stereocenters. The van der Waals surface area contributed by atoms with Crippen LogP contribution in [0.5, 0.6) is 0 Å². The summed E-state index contributed by atoms with van der Waals surface area (Å²) in [6, 6.07) is 5.26. The van der Waals surface area contributed by atoms with E-state index in [0.717, 1.165) is 15.1 Å². The van der Waals surface area contributed by atoms with E-state index in [2.05, 4.69) is 21.2 Å². The van der Waals surface area contributed by atoms with Crippen molar-refractivity contribution in [1.82, 2.24) is 0 Å². The maximum atomic E-state index is 12.0. The Hall–Kier alpha value is -1.18. The Morgan fingerprint density at radius 3 is 2.63 bits per heavy atom. The molecule has 0 aliphatic carbocycles. The van der Waals surface area contributed by atoms with Crippen LogP contribution in [-0.4, -0.2) is 11.8 Å². The van der Waals surface area contributed by atoms with E-state index >= 15 is 0 Å². The lowest BCUT2D eigenvalue weighted by Gasteiger charge is -2.02. The Kier molecular flexibility index (Phi) is 4.38. The van der Waals surface area contributed by atoms with Crippen LogP contribution in [0, 0.1) is 0 Å². The highest BCUT2D eigenvalue weighted by molar-refractivity contribution is 9.11. The fourth-order valence-electron chi connectivity index (χ4n) is 1.49. The number of hydrogen-bond acceptors (Lipinski definition) is 4. The highest BCUT2D eigenvalue weighted by Crippen LogP contribution is 2.30. The number of hydrogen-bond donors (Lipinski definition) is 2. The highest BCUT2D eigenvalue weighted by atomic mass is 79.9. The highest BCUT2D eigenvalue weighted by Gasteiger charge is 2.17. The van der Waals surface area contributed by atoms with Crippen molar-refractivity contribution in [1.29, 1.82) is 0 Å². The number of halogens is 1. The number of rotatable bonds is 4. The van der Waals surface area contributed by atoms with Crippen LogP contribution in [0.25, 0.3) is 0 Å². The van der Waals surface area contributed by atoms with Crippen LogP contribution < -0.4 is 11.1 Å². The average molecular weight is 359 g/mol. The second kappa shape index (κ2) is 5.85. The van der Waals surface area contributed by atoms with Crippen molar-refractivity contribution in [2.45, 2.75) is 13.3 Å². The van der Waals surface area contributed by atoms with E-state index in [1.54, 1.807) is 18.2 Å². The van der Waals surface area contributed by atoms with Crippen molar-refractivity contribution in [3.8, 4) is 0 Å². The quantitative estimate of drug-likeness (QED) is 0.877. The third-order valence-corrected chi connectivity index (χ3v) is 5.24. The fraction of sp³-hybridized carbons (Fsp3) is 0.167. The minimum absolute atomic E-state index is 0.234. The summed E-state index contributed by atoms with van der Waals surface area (Å²) in [5.41, 5.74) is 5.68. The normalized spacial score (nSPS) is 10.4. The van der Waals surface area contributed by atoms with E-state index in [-0.39, 0.29) is 5.91 Å². The van der Waals surface area contributed by atoms with Crippen molar-refractivity contribution in [3.05, 3.63) is 37.3 Å². The molecule has 19 heavy (non-hydrogen) atoms. The molecule has 2 heterocycles. The minimum Gasteiger partial charge on any atom is -0.366 e. The zero-order chi connectivity index (χ0) is 14.0. The Balaban J connectivity index is 2.25. The molecule has 0 radical (unpaired) electrons. The predicted octanol–water partition coefficient (Wildman–Crippen LogP) is 3.49. The van der Waals surface area contributed by atoms with Gasteiger partial charge in [0, 0.05) is 4.88 Å². The smallest absolute Gasteiger partial charge is 0.266 e. The molecule has 0 aromatic carbocycles. The van der Waals surface area contributed by atoms with Gasteiger partial charge in [-0.05, 0) is 40.5 Å². The van der Waals surface area contributed by atoms with E-state index < -0.39 is 5.91 Å². The van der Waals surface area contributed by atoms with Gasteiger partial charge in [-0.25, -0.2) is 0 Å². The molecule has 0 saturated carbocycles. The van der Waals surface area contributed by atoms with Crippen LogP contribution in [0.4, 0.5) is 5.00 Å². The van der Waals surface area contributed by atoms with Crippen molar-refractivity contribution in [3.63, 3.8) is 0 Å². The molecule has 0 spiro atoms. The molecular weight excluding hydrogens is 348 g/mol. The van der Waals surface area contributed by atoms with Gasteiger partial charge in [-0.1, -0.05) is 6.92 Å². The van der Waals surface area contributed by atoms with Gasteiger partial charge in [0.25, 0.3) is 11.8 Å². The first-order chi connectivity index (χ1) is 9.01. The Labute approximate surface area is 126 Å². The molecule has 0 aliphatic rings. The molecule has 4 nitrogen and oxygen atoms in total. The third-order valence-electron chi connectivity index (χ3n) is 2.42. The summed E-state index contributed by atoms with van der Waals surface area (Å²) >= 11 is 6.02. The van der Waals surface area contributed by atoms with Gasteiger partial charge in [0.15, 0.2) is 0 Å². The first-order valence-corrected chi connectivity index (χ1v) is 7.93. The fourth-order valence-corrected chi connectivity index (χ4v) is 3.77. The van der Waals surface area contributed by atoms with Crippen LogP contribution in [-0.2, 0) is 6.42 Å². The van der Waals surface area contributed by atoms with E-state index in [1.165, 1.54) is 22.7 Å². The summed E-state index contributed by atoms with van der Waals surface area (Å²) < 4.78 is 0.883. The Morgan fingerprint density at radius 2 is 2.11 bits per heavy atom. The molecule has 100 valence electrons. The van der Waals surface area contributed by atoms with Crippen LogP contribution in [0.2, 0.25) is 0 Å². The zero-order valence-corrected chi connectivity index (χ0v) is 13.2. The summed E-state index contributed by atoms with van der Waals surface area (Å²) in [4.78, 5) is 25.0. The number of carbonyl (C=O) groups is 2. The number of primary amides is 1. The number of nitrogens with two attached hydrogens (primary N) is 1. The Bertz CT molecular complexity index is 633. The molecule has 7 heteroatoms. The molecule has 2 rings (SSSR count). The lowest BCUT2D eigenvalue weighted by molar-refractivity contribution is 0.100. The SMILES string of the molecule is CCc1cc(C(N)=O)c(NC(=O)c2ccc(Br)s2)s1. The number of thiophene rings is 2. The third kappa shape index (κ3) is 3.23. The van der Waals surface area contributed by atoms with Crippen LogP contribution in [0.3, 0.4) is 0 Å². The lowest BCUT2D eigenvalue weighted by atomic mass is 10.2. The van der Waals surface area contributed by atoms with Gasteiger partial charge in [0.2, 0.25) is 0 Å². The van der Waals surface area contributed by atoms with Crippen molar-refractivity contribution < 1.29 is 9.59 Å². The second-order valence-corrected chi connectivity index (χ2v) is 7.33. The van der Waals surface area contributed by atoms with Crippen molar-refractivity contribution in [2.75, 3.05) is 5.32 Å². The second-order valence-electron chi connectivity index (χ2n) is 3.73. The number of carbonyl (C=O) groups excluding carboxylic acids is 2. The van der Waals surface area contributed by atoms with Gasteiger partial charge in [0.05, 0.1) is 14.2 Å². The first-order valence-electron chi connectivity index (χ1n) is 5.50. The lowest BCUT2D eigenvalue weighted by Crippen LogP contribution is -2.15. The molecule has 0 saturated heterocycles. The first kappa shape index (κ1) is 14.2. The summed E-state index contributed by atoms with van der Waals surface area (Å²) in [6.07, 6.45) is 0.797. The molecule has 0 atom stereocenters. The van der Waals surface area contributed by atoms with Gasteiger partial charge >= 0.3 is 0 Å². The Morgan fingerprint density at radius 1 is 1.37 bits per heavy atom. The molecular formula is C12H11BrN2O2S2. The maximum Gasteiger partial charge on any atom is 0.266 e. The van der Waals surface area contributed by atoms with Crippen molar-refractivity contribution in [2.24, 2.45) is 5.73 Å². The van der Waals surface area contributed by atoms with Crippen LogP contribution in [0.1, 0.15) is 31.8 Å². The van der Waals surface area contributed by atoms with Gasteiger partial charge in [-0.3, -0.25) is 9.59 Å². The minimum atomic E-state index is -0.529. The number of anilines is 1. The molecule has 3 N–H and O–H groups in total. The number of nitrogens with one attached hydrogen (secondary N) is 1. The predicted molar refractivity (Wildman–Crippen MR) is 82.2 cm³/mol. The van der Waals surface area contributed by atoms with Gasteiger partial charge in [-0.15, -0.1) is 22.7 Å². The summed E-state index contributed by atoms with van der Waals surface area (Å²) in [5, 5.41) is 3.26. The topological polar surface area (TPSA) is 72.2 Å². The number of aryl methyl sites for hydroxylation is 1. The van der Waals surface area contributed by atoms with E-state index in [4.69, 9.17) is 5.73 Å². The van der Waals surface area contributed by atoms with E-state index in [1.807, 2.05) is 6.92 Å². The largest absolute Gasteiger partial charge is 0.366 e. The van der Waals surface area contributed by atoms with Crippen LogP contribution in [0.15, 0.2) is 22.0 Å². The van der Waals surface area contributed by atoms with Gasteiger partial charge in [-0.2, -0.15) is 0 Å². The average Bonchev–Trinajstić information content (AvgIpc) is 2.95.